The van der Waals surface area contributed by atoms with Gasteiger partial charge in [0.1, 0.15) is 6.10 Å². The van der Waals surface area contributed by atoms with Gasteiger partial charge in [-0.1, -0.05) is 55.0 Å². The number of rotatable bonds is 5. The van der Waals surface area contributed by atoms with Crippen LogP contribution in [-0.4, -0.2) is 20.4 Å². The minimum Gasteiger partial charge on any atom is -0.455 e. The van der Waals surface area contributed by atoms with Crippen LogP contribution in [0.15, 0.2) is 59.5 Å². The zero-order valence-corrected chi connectivity index (χ0v) is 15.0. The van der Waals surface area contributed by atoms with Crippen molar-refractivity contribution >= 4 is 16.0 Å². The van der Waals surface area contributed by atoms with Crippen molar-refractivity contribution in [1.29, 1.82) is 0 Å². The Kier molecular flexibility index (Phi) is 4.92. The standard InChI is InChI=1S/C19H21NO4S/c1-3-16-17(18(24-19(16)21)14-7-5-4-6-8-14)20-25(22,23)15-11-9-13(2)10-12-15/h4-12,16-18,20H,3H2,1-2H3/t16-,17-,18-/m0/s1. The maximum absolute atomic E-state index is 12.8. The molecule has 0 spiro atoms. The van der Waals surface area contributed by atoms with Crippen molar-refractivity contribution in [2.75, 3.05) is 0 Å². The first kappa shape index (κ1) is 17.6. The number of ether oxygens (including phenoxy) is 1. The Morgan fingerprint density at radius 2 is 1.68 bits per heavy atom. The van der Waals surface area contributed by atoms with Crippen LogP contribution in [0.2, 0.25) is 0 Å². The summed E-state index contributed by atoms with van der Waals surface area (Å²) in [6.07, 6.45) is -0.123. The molecule has 6 heteroatoms. The maximum atomic E-state index is 12.8. The average molecular weight is 359 g/mol. The Bertz CT molecular complexity index is 847. The van der Waals surface area contributed by atoms with Crippen LogP contribution in [0.25, 0.3) is 0 Å². The Morgan fingerprint density at radius 1 is 1.04 bits per heavy atom. The van der Waals surface area contributed by atoms with Crippen LogP contribution in [0.3, 0.4) is 0 Å². The molecular formula is C19H21NO4S. The molecule has 0 unspecified atom stereocenters. The molecule has 1 aliphatic heterocycles. The molecule has 2 aromatic carbocycles. The minimum atomic E-state index is -3.75. The summed E-state index contributed by atoms with van der Waals surface area (Å²) in [7, 11) is -3.75. The van der Waals surface area contributed by atoms with E-state index in [4.69, 9.17) is 4.74 Å². The summed E-state index contributed by atoms with van der Waals surface area (Å²) in [5.74, 6) is -0.876. The Balaban J connectivity index is 1.93. The SMILES string of the molecule is CC[C@@H]1C(=O)O[C@@H](c2ccccc2)[C@H]1NS(=O)(=O)c1ccc(C)cc1. The molecule has 1 fully saturated rings. The molecule has 1 saturated heterocycles. The van der Waals surface area contributed by atoms with Crippen molar-refractivity contribution < 1.29 is 17.9 Å². The molecule has 1 aliphatic rings. The van der Waals surface area contributed by atoms with Crippen molar-refractivity contribution in [3.05, 3.63) is 65.7 Å². The molecular weight excluding hydrogens is 338 g/mol. The number of cyclic esters (lactones) is 1. The third-order valence-electron chi connectivity index (χ3n) is 4.50. The second-order valence-corrected chi connectivity index (χ2v) is 7.96. The molecule has 3 atom stereocenters. The lowest BCUT2D eigenvalue weighted by Gasteiger charge is -2.22. The number of hydrogen-bond donors (Lipinski definition) is 1. The molecule has 0 aliphatic carbocycles. The van der Waals surface area contributed by atoms with Gasteiger partial charge in [-0.15, -0.1) is 0 Å². The highest BCUT2D eigenvalue weighted by molar-refractivity contribution is 7.89. The van der Waals surface area contributed by atoms with Gasteiger partial charge in [0.2, 0.25) is 10.0 Å². The first-order valence-electron chi connectivity index (χ1n) is 8.27. The van der Waals surface area contributed by atoms with Gasteiger partial charge in [0, 0.05) is 0 Å². The molecule has 1 N–H and O–H groups in total. The third kappa shape index (κ3) is 3.60. The van der Waals surface area contributed by atoms with E-state index in [-0.39, 0.29) is 10.9 Å². The van der Waals surface area contributed by atoms with E-state index in [1.54, 1.807) is 24.3 Å². The summed E-state index contributed by atoms with van der Waals surface area (Å²) in [5, 5.41) is 0. The smallest absolute Gasteiger partial charge is 0.311 e. The summed E-state index contributed by atoms with van der Waals surface area (Å²) in [5.41, 5.74) is 1.76. The molecule has 0 aromatic heterocycles. The summed E-state index contributed by atoms with van der Waals surface area (Å²) in [6, 6.07) is 15.2. The molecule has 3 rings (SSSR count). The number of esters is 1. The summed E-state index contributed by atoms with van der Waals surface area (Å²) < 4.78 is 33.7. The normalized spacial score (nSPS) is 23.4. The van der Waals surface area contributed by atoms with Crippen LogP contribution in [0.5, 0.6) is 0 Å². The largest absolute Gasteiger partial charge is 0.455 e. The fourth-order valence-corrected chi connectivity index (χ4v) is 4.37. The van der Waals surface area contributed by atoms with Gasteiger partial charge < -0.3 is 4.74 Å². The zero-order chi connectivity index (χ0) is 18.0. The van der Waals surface area contributed by atoms with E-state index >= 15 is 0 Å². The van der Waals surface area contributed by atoms with E-state index in [9.17, 15) is 13.2 Å². The predicted molar refractivity (Wildman–Crippen MR) is 94.3 cm³/mol. The number of benzene rings is 2. The van der Waals surface area contributed by atoms with Crippen molar-refractivity contribution in [2.24, 2.45) is 5.92 Å². The van der Waals surface area contributed by atoms with Gasteiger partial charge in [0.05, 0.1) is 16.9 Å². The highest BCUT2D eigenvalue weighted by atomic mass is 32.2. The predicted octanol–water partition coefficient (Wildman–Crippen LogP) is 2.97. The van der Waals surface area contributed by atoms with Gasteiger partial charge >= 0.3 is 5.97 Å². The molecule has 0 saturated carbocycles. The molecule has 0 bridgehead atoms. The van der Waals surface area contributed by atoms with Gasteiger partial charge in [-0.25, -0.2) is 13.1 Å². The summed E-state index contributed by atoms with van der Waals surface area (Å²) >= 11 is 0. The fourth-order valence-electron chi connectivity index (χ4n) is 3.09. The van der Waals surface area contributed by atoms with E-state index in [2.05, 4.69) is 4.72 Å². The lowest BCUT2D eigenvalue weighted by Crippen LogP contribution is -2.41. The molecule has 132 valence electrons. The average Bonchev–Trinajstić information content (AvgIpc) is 2.91. The second kappa shape index (κ2) is 6.98. The Hall–Kier alpha value is -2.18. The van der Waals surface area contributed by atoms with Crippen LogP contribution in [0.1, 0.15) is 30.6 Å². The van der Waals surface area contributed by atoms with Crippen LogP contribution >= 0.6 is 0 Å². The van der Waals surface area contributed by atoms with E-state index in [1.807, 2.05) is 44.2 Å². The van der Waals surface area contributed by atoms with Gasteiger partial charge in [0.25, 0.3) is 0 Å². The summed E-state index contributed by atoms with van der Waals surface area (Å²) in [4.78, 5) is 12.4. The van der Waals surface area contributed by atoms with Crippen molar-refractivity contribution in [1.82, 2.24) is 4.72 Å². The van der Waals surface area contributed by atoms with Crippen molar-refractivity contribution in [2.45, 2.75) is 37.3 Å². The quantitative estimate of drug-likeness (QED) is 0.833. The number of hydrogen-bond acceptors (Lipinski definition) is 4. The van der Waals surface area contributed by atoms with Gasteiger partial charge in [-0.2, -0.15) is 0 Å². The number of aryl methyl sites for hydroxylation is 1. The highest BCUT2D eigenvalue weighted by Gasteiger charge is 2.46. The fraction of sp³-hybridized carbons (Fsp3) is 0.316. The second-order valence-electron chi connectivity index (χ2n) is 6.24. The molecule has 0 amide bonds. The van der Waals surface area contributed by atoms with Crippen molar-refractivity contribution in [3.63, 3.8) is 0 Å². The number of carbonyl (C=O) groups excluding carboxylic acids is 1. The monoisotopic (exact) mass is 359 g/mol. The maximum Gasteiger partial charge on any atom is 0.311 e. The lowest BCUT2D eigenvalue weighted by molar-refractivity contribution is -0.144. The van der Waals surface area contributed by atoms with Gasteiger partial charge in [-0.3, -0.25) is 4.79 Å². The van der Waals surface area contributed by atoms with E-state index in [1.165, 1.54) is 0 Å². The lowest BCUT2D eigenvalue weighted by atomic mass is 9.93. The molecule has 0 radical (unpaired) electrons. The Morgan fingerprint density at radius 3 is 2.28 bits per heavy atom. The minimum absolute atomic E-state index is 0.180. The van der Waals surface area contributed by atoms with Gasteiger partial charge in [-0.05, 0) is 31.0 Å². The summed E-state index contributed by atoms with van der Waals surface area (Å²) in [6.45, 7) is 3.75. The molecule has 1 heterocycles. The van der Waals surface area contributed by atoms with E-state index in [0.29, 0.717) is 6.42 Å². The first-order chi connectivity index (χ1) is 11.9. The third-order valence-corrected chi connectivity index (χ3v) is 5.97. The number of sulfonamides is 1. The van der Waals surface area contributed by atoms with E-state index in [0.717, 1.165) is 11.1 Å². The Labute approximate surface area is 148 Å². The van der Waals surface area contributed by atoms with Crippen LogP contribution in [0.4, 0.5) is 0 Å². The van der Waals surface area contributed by atoms with Crippen molar-refractivity contribution in [3.8, 4) is 0 Å². The molecule has 2 aromatic rings. The number of carbonyl (C=O) groups is 1. The molecule has 25 heavy (non-hydrogen) atoms. The highest BCUT2D eigenvalue weighted by Crippen LogP contribution is 2.36. The first-order valence-corrected chi connectivity index (χ1v) is 9.75. The van der Waals surface area contributed by atoms with E-state index < -0.39 is 28.1 Å². The van der Waals surface area contributed by atoms with Gasteiger partial charge in [0.15, 0.2) is 0 Å². The molecule has 5 nitrogen and oxygen atoms in total. The topological polar surface area (TPSA) is 72.5 Å². The van der Waals surface area contributed by atoms with Crippen LogP contribution < -0.4 is 4.72 Å². The zero-order valence-electron chi connectivity index (χ0n) is 14.2. The number of nitrogens with one attached hydrogen (secondary N) is 1. The van der Waals surface area contributed by atoms with Crippen LogP contribution in [-0.2, 0) is 19.6 Å². The van der Waals surface area contributed by atoms with Crippen LogP contribution in [0, 0.1) is 12.8 Å².